The maximum absolute atomic E-state index is 11.8. The summed E-state index contributed by atoms with van der Waals surface area (Å²) in [5.74, 6) is 0.0599. The van der Waals surface area contributed by atoms with Gasteiger partial charge in [-0.25, -0.2) is 0 Å². The van der Waals surface area contributed by atoms with Crippen molar-refractivity contribution < 1.29 is 4.79 Å². The molecule has 0 saturated carbocycles. The standard InChI is InChI=1S/C10H16N2OS/c1-4-8-7-11(5-2)10(14)12(6-3)9(8)13/h4H,5-7H2,1-3H3/b8-4+. The molecule has 78 valence electrons. The van der Waals surface area contributed by atoms with Gasteiger partial charge in [0.15, 0.2) is 5.11 Å². The molecule has 1 aliphatic rings. The first kappa shape index (κ1) is 11.2. The molecule has 1 aliphatic heterocycles. The van der Waals surface area contributed by atoms with Crippen molar-refractivity contribution in [2.75, 3.05) is 19.6 Å². The van der Waals surface area contributed by atoms with Gasteiger partial charge < -0.3 is 4.90 Å². The van der Waals surface area contributed by atoms with Crippen LogP contribution in [-0.2, 0) is 4.79 Å². The molecule has 0 radical (unpaired) electrons. The van der Waals surface area contributed by atoms with Gasteiger partial charge in [-0.2, -0.15) is 0 Å². The Kier molecular flexibility index (Phi) is 3.63. The quantitative estimate of drug-likeness (QED) is 0.510. The fourth-order valence-electron chi connectivity index (χ4n) is 1.51. The normalized spacial score (nSPS) is 20.9. The molecule has 0 bridgehead atoms. The second kappa shape index (κ2) is 4.55. The van der Waals surface area contributed by atoms with E-state index >= 15 is 0 Å². The summed E-state index contributed by atoms with van der Waals surface area (Å²) >= 11 is 5.23. The van der Waals surface area contributed by atoms with Crippen molar-refractivity contribution in [1.29, 1.82) is 0 Å². The second-order valence-electron chi connectivity index (χ2n) is 3.16. The molecule has 1 fully saturated rings. The van der Waals surface area contributed by atoms with Crippen LogP contribution in [0.25, 0.3) is 0 Å². The zero-order chi connectivity index (χ0) is 10.7. The van der Waals surface area contributed by atoms with Gasteiger partial charge >= 0.3 is 0 Å². The smallest absolute Gasteiger partial charge is 0.257 e. The monoisotopic (exact) mass is 212 g/mol. The number of nitrogens with zero attached hydrogens (tertiary/aromatic N) is 2. The summed E-state index contributed by atoms with van der Waals surface area (Å²) in [4.78, 5) is 15.5. The Labute approximate surface area is 90.4 Å². The highest BCUT2D eigenvalue weighted by molar-refractivity contribution is 7.80. The van der Waals surface area contributed by atoms with E-state index in [9.17, 15) is 4.79 Å². The van der Waals surface area contributed by atoms with Crippen molar-refractivity contribution in [3.63, 3.8) is 0 Å². The van der Waals surface area contributed by atoms with Gasteiger partial charge in [0, 0.05) is 18.7 Å². The number of amides is 1. The minimum absolute atomic E-state index is 0.0599. The second-order valence-corrected chi connectivity index (χ2v) is 3.53. The third-order valence-corrected chi connectivity index (χ3v) is 2.91. The molecule has 1 saturated heterocycles. The van der Waals surface area contributed by atoms with Crippen LogP contribution in [0.2, 0.25) is 0 Å². The molecule has 14 heavy (non-hydrogen) atoms. The Morgan fingerprint density at radius 3 is 2.50 bits per heavy atom. The lowest BCUT2D eigenvalue weighted by molar-refractivity contribution is -0.124. The number of likely N-dealkylation sites (N-methyl/N-ethyl adjacent to an activating group) is 2. The van der Waals surface area contributed by atoms with Crippen LogP contribution in [0, 0.1) is 0 Å². The van der Waals surface area contributed by atoms with Gasteiger partial charge in [-0.1, -0.05) is 6.08 Å². The van der Waals surface area contributed by atoms with Crippen molar-refractivity contribution >= 4 is 23.2 Å². The Hall–Kier alpha value is -0.900. The maximum atomic E-state index is 11.8. The van der Waals surface area contributed by atoms with Crippen molar-refractivity contribution in [3.05, 3.63) is 11.6 Å². The summed E-state index contributed by atoms with van der Waals surface area (Å²) in [7, 11) is 0. The number of allylic oxidation sites excluding steroid dienone is 1. The summed E-state index contributed by atoms with van der Waals surface area (Å²) in [5.41, 5.74) is 0.835. The van der Waals surface area contributed by atoms with Crippen LogP contribution in [0.4, 0.5) is 0 Å². The minimum atomic E-state index is 0.0599. The largest absolute Gasteiger partial charge is 0.345 e. The highest BCUT2D eigenvalue weighted by Crippen LogP contribution is 2.15. The third-order valence-electron chi connectivity index (χ3n) is 2.43. The number of carbonyl (C=O) groups is 1. The molecular formula is C10H16N2OS. The Bertz CT molecular complexity index is 286. The van der Waals surface area contributed by atoms with E-state index in [1.54, 1.807) is 4.90 Å². The van der Waals surface area contributed by atoms with Gasteiger partial charge in [-0.15, -0.1) is 0 Å². The summed E-state index contributed by atoms with van der Waals surface area (Å²) in [6, 6.07) is 0. The summed E-state index contributed by atoms with van der Waals surface area (Å²) < 4.78 is 0. The number of rotatable bonds is 2. The molecule has 1 amide bonds. The third kappa shape index (κ3) is 1.80. The molecule has 0 atom stereocenters. The van der Waals surface area contributed by atoms with E-state index in [0.717, 1.165) is 12.1 Å². The zero-order valence-corrected chi connectivity index (χ0v) is 9.73. The molecule has 0 aromatic heterocycles. The molecule has 0 spiro atoms. The highest BCUT2D eigenvalue weighted by Gasteiger charge is 2.29. The predicted molar refractivity (Wildman–Crippen MR) is 61.0 cm³/mol. The molecule has 3 nitrogen and oxygen atoms in total. The van der Waals surface area contributed by atoms with Crippen LogP contribution in [0.3, 0.4) is 0 Å². The Morgan fingerprint density at radius 1 is 1.43 bits per heavy atom. The van der Waals surface area contributed by atoms with Gasteiger partial charge in [0.2, 0.25) is 0 Å². The lowest BCUT2D eigenvalue weighted by Crippen LogP contribution is -2.52. The molecule has 0 aromatic carbocycles. The van der Waals surface area contributed by atoms with E-state index in [2.05, 4.69) is 0 Å². The van der Waals surface area contributed by atoms with E-state index in [4.69, 9.17) is 12.2 Å². The van der Waals surface area contributed by atoms with E-state index in [1.165, 1.54) is 0 Å². The van der Waals surface area contributed by atoms with E-state index in [1.807, 2.05) is 31.7 Å². The number of carbonyl (C=O) groups excluding carboxylic acids is 1. The lowest BCUT2D eigenvalue weighted by Gasteiger charge is -2.37. The molecule has 1 rings (SSSR count). The van der Waals surface area contributed by atoms with Crippen LogP contribution < -0.4 is 0 Å². The summed E-state index contributed by atoms with van der Waals surface area (Å²) in [5, 5.41) is 0.658. The van der Waals surface area contributed by atoms with Crippen molar-refractivity contribution in [2.45, 2.75) is 20.8 Å². The first-order valence-electron chi connectivity index (χ1n) is 4.91. The highest BCUT2D eigenvalue weighted by atomic mass is 32.1. The van der Waals surface area contributed by atoms with Crippen LogP contribution in [-0.4, -0.2) is 40.5 Å². The van der Waals surface area contributed by atoms with E-state index in [0.29, 0.717) is 18.2 Å². The van der Waals surface area contributed by atoms with Gasteiger partial charge in [0.1, 0.15) is 0 Å². The molecule has 1 heterocycles. The fraction of sp³-hybridized carbons (Fsp3) is 0.600. The van der Waals surface area contributed by atoms with Gasteiger partial charge in [0.25, 0.3) is 5.91 Å². The first-order valence-corrected chi connectivity index (χ1v) is 5.32. The molecule has 0 N–H and O–H groups in total. The first-order chi connectivity index (χ1) is 6.65. The van der Waals surface area contributed by atoms with Crippen molar-refractivity contribution in [1.82, 2.24) is 9.80 Å². The average molecular weight is 212 g/mol. The van der Waals surface area contributed by atoms with Crippen molar-refractivity contribution in [3.8, 4) is 0 Å². The SMILES string of the molecule is C/C=C1\CN(CC)C(=S)N(CC)C1=O. The molecule has 0 aliphatic carbocycles. The number of hydrogen-bond acceptors (Lipinski definition) is 2. The van der Waals surface area contributed by atoms with Gasteiger partial charge in [0.05, 0.1) is 6.54 Å². The topological polar surface area (TPSA) is 23.6 Å². The number of thiocarbonyl (C=S) groups is 1. The van der Waals surface area contributed by atoms with Crippen LogP contribution in [0.1, 0.15) is 20.8 Å². The summed E-state index contributed by atoms with van der Waals surface area (Å²) in [6.45, 7) is 8.02. The Balaban J connectivity index is 2.95. The maximum Gasteiger partial charge on any atom is 0.257 e. The van der Waals surface area contributed by atoms with Gasteiger partial charge in [-0.3, -0.25) is 9.69 Å². The molecule has 0 unspecified atom stereocenters. The average Bonchev–Trinajstić information content (AvgIpc) is 2.19. The zero-order valence-electron chi connectivity index (χ0n) is 8.91. The van der Waals surface area contributed by atoms with Gasteiger partial charge in [-0.05, 0) is 33.0 Å². The molecular weight excluding hydrogens is 196 g/mol. The Morgan fingerprint density at radius 2 is 2.07 bits per heavy atom. The molecule has 4 heteroatoms. The van der Waals surface area contributed by atoms with Crippen molar-refractivity contribution in [2.24, 2.45) is 0 Å². The predicted octanol–water partition coefficient (Wildman–Crippen LogP) is 1.40. The number of hydrogen-bond donors (Lipinski definition) is 0. The molecule has 0 aromatic rings. The van der Waals surface area contributed by atoms with Crippen LogP contribution >= 0.6 is 12.2 Å². The fourth-order valence-corrected chi connectivity index (χ4v) is 1.92. The van der Waals surface area contributed by atoms with E-state index < -0.39 is 0 Å². The lowest BCUT2D eigenvalue weighted by atomic mass is 10.1. The van der Waals surface area contributed by atoms with Crippen LogP contribution in [0.15, 0.2) is 11.6 Å². The minimum Gasteiger partial charge on any atom is -0.345 e. The van der Waals surface area contributed by atoms with E-state index in [-0.39, 0.29) is 5.91 Å². The van der Waals surface area contributed by atoms with Crippen LogP contribution in [0.5, 0.6) is 0 Å². The summed E-state index contributed by atoms with van der Waals surface area (Å²) in [6.07, 6.45) is 1.87.